The normalized spacial score (nSPS) is 14.1. The monoisotopic (exact) mass is 525 g/mol. The quantitative estimate of drug-likeness (QED) is 0.436. The molecule has 0 unspecified atom stereocenters. The fourth-order valence-electron chi connectivity index (χ4n) is 4.56. The van der Waals surface area contributed by atoms with Crippen LogP contribution in [0.1, 0.15) is 53.2 Å². The molecule has 11 heteroatoms. The maximum atomic E-state index is 13.5. The number of hydrogen-bond donors (Lipinski definition) is 3. The molecule has 1 aliphatic rings. The summed E-state index contributed by atoms with van der Waals surface area (Å²) in [6.07, 6.45) is 0.899. The average molecular weight is 526 g/mol. The highest BCUT2D eigenvalue weighted by Crippen LogP contribution is 2.35. The van der Waals surface area contributed by atoms with Gasteiger partial charge in [0.05, 0.1) is 22.9 Å². The van der Waals surface area contributed by atoms with E-state index in [2.05, 4.69) is 15.6 Å². The molecule has 2 aromatic heterocycles. The molecule has 1 fully saturated rings. The summed E-state index contributed by atoms with van der Waals surface area (Å²) in [6.45, 7) is 5.83. The van der Waals surface area contributed by atoms with Crippen LogP contribution in [-0.4, -0.2) is 69.1 Å². The number of benzene rings is 1. The first kappa shape index (κ1) is 27.1. The molecule has 3 N–H and O–H groups in total. The highest BCUT2D eigenvalue weighted by molar-refractivity contribution is 6.07. The number of carbonyl (C=O) groups is 3. The molecule has 3 amide bonds. The molecule has 0 saturated carbocycles. The van der Waals surface area contributed by atoms with Crippen LogP contribution < -0.4 is 15.4 Å². The maximum Gasteiger partial charge on any atom is 0.272 e. The minimum Gasteiger partial charge on any atom is -0.488 e. The van der Waals surface area contributed by atoms with Crippen molar-refractivity contribution in [2.24, 2.45) is 7.05 Å². The van der Waals surface area contributed by atoms with E-state index in [9.17, 15) is 18.8 Å². The second kappa shape index (κ2) is 11.2. The molecule has 0 radical (unpaired) electrons. The summed E-state index contributed by atoms with van der Waals surface area (Å²) in [7, 11) is 1.73. The number of fused-ring (bicyclic) bond motifs is 1. The number of halogens is 1. The van der Waals surface area contributed by atoms with Crippen LogP contribution in [0.4, 0.5) is 10.1 Å². The van der Waals surface area contributed by atoms with E-state index in [4.69, 9.17) is 9.84 Å². The number of likely N-dealkylation sites (tertiary alicyclic amines) is 1. The van der Waals surface area contributed by atoms with Crippen molar-refractivity contribution >= 4 is 34.4 Å². The second-order valence-electron chi connectivity index (χ2n) is 9.64. The number of nitrogens with zero attached hydrogens (tertiary/aromatic N) is 3. The Hall–Kier alpha value is -3.99. The fourth-order valence-corrected chi connectivity index (χ4v) is 4.56. The van der Waals surface area contributed by atoms with E-state index >= 15 is 0 Å². The molecule has 0 aliphatic carbocycles. The minimum atomic E-state index is -0.526. The summed E-state index contributed by atoms with van der Waals surface area (Å²) in [6, 6.07) is 6.81. The lowest BCUT2D eigenvalue weighted by Gasteiger charge is -2.32. The molecule has 3 aromatic rings. The van der Waals surface area contributed by atoms with Gasteiger partial charge < -0.3 is 29.9 Å². The molecular weight excluding hydrogens is 493 g/mol. The minimum absolute atomic E-state index is 0.143. The Morgan fingerprint density at radius 3 is 2.42 bits per heavy atom. The summed E-state index contributed by atoms with van der Waals surface area (Å²) >= 11 is 0. The number of nitrogens with one attached hydrogen (secondary N) is 2. The van der Waals surface area contributed by atoms with Gasteiger partial charge in [-0.15, -0.1) is 0 Å². The van der Waals surface area contributed by atoms with Gasteiger partial charge in [0.2, 0.25) is 5.91 Å². The third-order valence-electron chi connectivity index (χ3n) is 6.55. The van der Waals surface area contributed by atoms with Gasteiger partial charge >= 0.3 is 0 Å². The Labute approximate surface area is 219 Å². The van der Waals surface area contributed by atoms with Crippen LogP contribution in [0, 0.1) is 12.7 Å². The van der Waals surface area contributed by atoms with Crippen LogP contribution in [0.25, 0.3) is 11.0 Å². The number of rotatable bonds is 7. The first-order valence-electron chi connectivity index (χ1n) is 12.5. The number of piperidine rings is 1. The van der Waals surface area contributed by atoms with E-state index in [0.717, 1.165) is 0 Å². The zero-order valence-corrected chi connectivity index (χ0v) is 21.9. The summed E-state index contributed by atoms with van der Waals surface area (Å²) in [5.41, 5.74) is 2.10. The lowest BCUT2D eigenvalue weighted by atomic mass is 10.0. The predicted molar refractivity (Wildman–Crippen MR) is 140 cm³/mol. The molecular formula is C27H32FN5O5. The predicted octanol–water partition coefficient (Wildman–Crippen LogP) is 2.77. The van der Waals surface area contributed by atoms with E-state index in [1.165, 1.54) is 24.3 Å². The second-order valence-corrected chi connectivity index (χ2v) is 9.64. The van der Waals surface area contributed by atoms with Gasteiger partial charge in [-0.05, 0) is 63.9 Å². The van der Waals surface area contributed by atoms with Crippen LogP contribution in [0.5, 0.6) is 5.75 Å². The van der Waals surface area contributed by atoms with Gasteiger partial charge in [-0.3, -0.25) is 14.4 Å². The van der Waals surface area contributed by atoms with Crippen LogP contribution in [0.3, 0.4) is 0 Å². The van der Waals surface area contributed by atoms with Crippen molar-refractivity contribution in [3.63, 3.8) is 0 Å². The van der Waals surface area contributed by atoms with Crippen molar-refractivity contribution in [3.05, 3.63) is 53.1 Å². The van der Waals surface area contributed by atoms with E-state index in [1.54, 1.807) is 29.5 Å². The van der Waals surface area contributed by atoms with Crippen LogP contribution in [0.2, 0.25) is 0 Å². The number of aliphatic hydroxyl groups is 1. The number of ether oxygens (including phenoxy) is 1. The molecule has 0 bridgehead atoms. The first-order valence-corrected chi connectivity index (χ1v) is 12.5. The smallest absolute Gasteiger partial charge is 0.272 e. The third-order valence-corrected chi connectivity index (χ3v) is 6.55. The number of hydrogen-bond acceptors (Lipinski definition) is 6. The number of carbonyl (C=O) groups excluding carboxylic acids is 3. The summed E-state index contributed by atoms with van der Waals surface area (Å²) in [4.78, 5) is 44.2. The Morgan fingerprint density at radius 2 is 1.82 bits per heavy atom. The number of amides is 3. The molecule has 1 saturated heterocycles. The largest absolute Gasteiger partial charge is 0.488 e. The summed E-state index contributed by atoms with van der Waals surface area (Å²) in [5.74, 6) is -1.15. The van der Waals surface area contributed by atoms with Gasteiger partial charge in [-0.25, -0.2) is 9.37 Å². The lowest BCUT2D eigenvalue weighted by molar-refractivity contribution is -0.135. The van der Waals surface area contributed by atoms with Gasteiger partial charge in [0.1, 0.15) is 18.1 Å². The van der Waals surface area contributed by atoms with Crippen molar-refractivity contribution in [2.45, 2.75) is 45.8 Å². The molecule has 202 valence electrons. The first-order chi connectivity index (χ1) is 18.1. The van der Waals surface area contributed by atoms with E-state index in [0.29, 0.717) is 65.4 Å². The number of aryl methyl sites for hydroxylation is 2. The average Bonchev–Trinajstić information content (AvgIpc) is 3.14. The highest BCUT2D eigenvalue weighted by Gasteiger charge is 2.29. The van der Waals surface area contributed by atoms with Crippen molar-refractivity contribution in [1.29, 1.82) is 0 Å². The van der Waals surface area contributed by atoms with Crippen LogP contribution >= 0.6 is 0 Å². The van der Waals surface area contributed by atoms with Crippen LogP contribution in [0.15, 0.2) is 30.3 Å². The standard InChI is InChI=1S/C27H32FN5O5/c1-15(2)38-24-20-13-21(31-26(36)17-5-7-18(28)8-6-17)16(3)29-25(20)32(4)23(24)27(37)30-19-9-11-33(12-10-19)22(35)14-34/h5-8,13,15,19,34H,9-12,14H2,1-4H3,(H,30,37)(H,31,36). The van der Waals surface area contributed by atoms with Gasteiger partial charge in [0.25, 0.3) is 11.8 Å². The number of aliphatic hydroxyl groups excluding tert-OH is 1. The van der Waals surface area contributed by atoms with Crippen molar-refractivity contribution < 1.29 is 28.6 Å². The van der Waals surface area contributed by atoms with Crippen LogP contribution in [-0.2, 0) is 11.8 Å². The molecule has 3 heterocycles. The van der Waals surface area contributed by atoms with Gasteiger partial charge in [-0.2, -0.15) is 0 Å². The SMILES string of the molecule is Cc1nc2c(cc1NC(=O)c1ccc(F)cc1)c(OC(C)C)c(C(=O)NC1CCN(C(=O)CO)CC1)n2C. The Kier molecular flexibility index (Phi) is 7.96. The van der Waals surface area contributed by atoms with E-state index < -0.39 is 18.3 Å². The van der Waals surface area contributed by atoms with E-state index in [1.807, 2.05) is 13.8 Å². The zero-order valence-electron chi connectivity index (χ0n) is 21.9. The van der Waals surface area contributed by atoms with Crippen molar-refractivity contribution in [1.82, 2.24) is 19.8 Å². The Bertz CT molecular complexity index is 1360. The number of anilines is 1. The molecule has 0 atom stereocenters. The molecule has 10 nitrogen and oxygen atoms in total. The highest BCUT2D eigenvalue weighted by atomic mass is 19.1. The number of pyridine rings is 1. The van der Waals surface area contributed by atoms with E-state index in [-0.39, 0.29) is 24.0 Å². The lowest BCUT2D eigenvalue weighted by Crippen LogP contribution is -2.47. The summed E-state index contributed by atoms with van der Waals surface area (Å²) in [5, 5.41) is 15.5. The molecule has 0 spiro atoms. The Balaban J connectivity index is 1.63. The Morgan fingerprint density at radius 1 is 1.16 bits per heavy atom. The fraction of sp³-hybridized carbons (Fsp3) is 0.407. The summed E-state index contributed by atoms with van der Waals surface area (Å²) < 4.78 is 21.0. The maximum absolute atomic E-state index is 13.5. The third kappa shape index (κ3) is 5.62. The molecule has 38 heavy (non-hydrogen) atoms. The zero-order chi connectivity index (χ0) is 27.6. The number of aromatic nitrogens is 2. The topological polar surface area (TPSA) is 126 Å². The van der Waals surface area contributed by atoms with Crippen molar-refractivity contribution in [2.75, 3.05) is 25.0 Å². The van der Waals surface area contributed by atoms with Crippen molar-refractivity contribution in [3.8, 4) is 5.75 Å². The van der Waals surface area contributed by atoms with Gasteiger partial charge in [0.15, 0.2) is 11.4 Å². The molecule has 1 aromatic carbocycles. The van der Waals surface area contributed by atoms with Gasteiger partial charge in [0, 0.05) is 31.7 Å². The van der Waals surface area contributed by atoms with Gasteiger partial charge in [-0.1, -0.05) is 0 Å². The molecule has 1 aliphatic heterocycles. The molecule has 4 rings (SSSR count).